The first-order valence-corrected chi connectivity index (χ1v) is 18.6. The Balaban J connectivity index is 1.72. The fourth-order valence-corrected chi connectivity index (χ4v) is 7.30. The van der Waals surface area contributed by atoms with E-state index in [1.165, 1.54) is 32.4 Å². The molecular formula is C36H35F3N2O9S2. The second-order valence-electron chi connectivity index (χ2n) is 11.7. The summed E-state index contributed by atoms with van der Waals surface area (Å²) in [7, 11) is -9.26. The van der Waals surface area contributed by atoms with Gasteiger partial charge in [-0.05, 0) is 49.2 Å². The number of fused-ring (bicyclic) bond motifs is 1. The Hall–Kier alpha value is -4.90. The van der Waals surface area contributed by atoms with Gasteiger partial charge in [0.25, 0.3) is 15.9 Å². The Morgan fingerprint density at radius 2 is 1.52 bits per heavy atom. The van der Waals surface area contributed by atoms with Crippen molar-refractivity contribution in [3.8, 4) is 11.5 Å². The SMILES string of the molecule is COCOC(CNC(=O)c1ccccc1)Cc1c(OS(=O)(=O)C(F)(F)F)cc(OCc2ccccc2)c2c1c(C)cn2S(=O)(=O)c1ccc(C)cc1. The molecule has 0 aliphatic carbocycles. The van der Waals surface area contributed by atoms with E-state index in [1.807, 2.05) is 0 Å². The number of amides is 1. The predicted octanol–water partition coefficient (Wildman–Crippen LogP) is 6.26. The van der Waals surface area contributed by atoms with E-state index in [9.17, 15) is 34.8 Å². The van der Waals surface area contributed by atoms with Gasteiger partial charge in [0.05, 0.1) is 11.0 Å². The number of rotatable bonds is 15. The Kier molecular flexibility index (Phi) is 11.6. The van der Waals surface area contributed by atoms with Gasteiger partial charge in [0.15, 0.2) is 5.75 Å². The molecule has 1 aromatic heterocycles. The minimum atomic E-state index is -6.24. The summed E-state index contributed by atoms with van der Waals surface area (Å²) in [6.07, 6.45) is -0.144. The maximum absolute atomic E-state index is 14.2. The topological polar surface area (TPSA) is 139 Å². The van der Waals surface area contributed by atoms with Crippen LogP contribution < -0.4 is 14.2 Å². The number of carbonyl (C=O) groups excluding carboxylic acids is 1. The molecule has 0 saturated heterocycles. The molecule has 0 fully saturated rings. The van der Waals surface area contributed by atoms with Crippen molar-refractivity contribution in [3.05, 3.63) is 125 Å². The number of alkyl halides is 3. The van der Waals surface area contributed by atoms with Crippen LogP contribution >= 0.6 is 0 Å². The van der Waals surface area contributed by atoms with Crippen LogP contribution in [-0.2, 0) is 42.6 Å². The molecule has 0 aliphatic rings. The Morgan fingerprint density at radius 1 is 0.885 bits per heavy atom. The van der Waals surface area contributed by atoms with Gasteiger partial charge < -0.3 is 23.7 Å². The number of hydrogen-bond donors (Lipinski definition) is 1. The zero-order chi connectivity index (χ0) is 37.7. The van der Waals surface area contributed by atoms with E-state index < -0.39 is 43.4 Å². The molecule has 1 N–H and O–H groups in total. The number of nitrogens with one attached hydrogen (secondary N) is 1. The van der Waals surface area contributed by atoms with Gasteiger partial charge in [0.2, 0.25) is 0 Å². The van der Waals surface area contributed by atoms with Gasteiger partial charge in [-0.3, -0.25) is 4.79 Å². The van der Waals surface area contributed by atoms with Crippen molar-refractivity contribution in [2.45, 2.75) is 43.4 Å². The number of nitrogens with zero attached hydrogens (tertiary/aromatic N) is 1. The largest absolute Gasteiger partial charge is 0.534 e. The fourth-order valence-electron chi connectivity index (χ4n) is 5.39. The highest BCUT2D eigenvalue weighted by Gasteiger charge is 2.49. The normalized spacial score (nSPS) is 12.8. The molecule has 0 aliphatic heterocycles. The smallest absolute Gasteiger partial charge is 0.487 e. The number of methoxy groups -OCH3 is 1. The second kappa shape index (κ2) is 15.8. The molecule has 0 spiro atoms. The molecule has 11 nitrogen and oxygen atoms in total. The quantitative estimate of drug-likeness (QED) is 0.0744. The highest BCUT2D eigenvalue weighted by molar-refractivity contribution is 7.90. The lowest BCUT2D eigenvalue weighted by atomic mass is 9.99. The van der Waals surface area contributed by atoms with Gasteiger partial charge in [-0.15, -0.1) is 0 Å². The van der Waals surface area contributed by atoms with E-state index in [0.717, 1.165) is 15.6 Å². The van der Waals surface area contributed by atoms with Crippen LogP contribution in [0.2, 0.25) is 0 Å². The molecule has 0 saturated carbocycles. The molecule has 1 heterocycles. The zero-order valence-corrected chi connectivity index (χ0v) is 29.8. The highest BCUT2D eigenvalue weighted by atomic mass is 32.2. The van der Waals surface area contributed by atoms with Crippen LogP contribution in [0.15, 0.2) is 102 Å². The number of carbonyl (C=O) groups is 1. The van der Waals surface area contributed by atoms with Gasteiger partial charge in [-0.2, -0.15) is 21.6 Å². The van der Waals surface area contributed by atoms with Crippen LogP contribution in [0.5, 0.6) is 11.5 Å². The molecular weight excluding hydrogens is 726 g/mol. The van der Waals surface area contributed by atoms with Crippen molar-refractivity contribution >= 4 is 37.0 Å². The van der Waals surface area contributed by atoms with E-state index in [1.54, 1.807) is 79.7 Å². The van der Waals surface area contributed by atoms with Crippen molar-refractivity contribution in [2.24, 2.45) is 0 Å². The highest BCUT2D eigenvalue weighted by Crippen LogP contribution is 2.43. The standard InChI is InChI=1S/C36H35F3N2O9S2/c1-24-14-16-29(17-15-24)51(43,44)41-21-25(2)33-30(18-28(49-23-47-3)20-40-35(42)27-12-8-5-9-13-27)31(50-52(45,46)36(37,38)39)19-32(34(33)41)48-22-26-10-6-4-7-11-26/h4-17,19,21,28H,18,20,22-23H2,1-3H3,(H,40,42). The first-order valence-electron chi connectivity index (χ1n) is 15.7. The molecule has 4 aromatic carbocycles. The molecule has 1 atom stereocenters. The number of ether oxygens (including phenoxy) is 3. The van der Waals surface area contributed by atoms with Gasteiger partial charge in [0, 0.05) is 48.9 Å². The first-order chi connectivity index (χ1) is 24.6. The summed E-state index contributed by atoms with van der Waals surface area (Å²) in [5, 5.41) is 2.74. The predicted molar refractivity (Wildman–Crippen MR) is 186 cm³/mol. The number of aryl methyl sites for hydroxylation is 2. The molecule has 1 unspecified atom stereocenters. The number of hydrogen-bond acceptors (Lipinski definition) is 9. The average molecular weight is 761 g/mol. The van der Waals surface area contributed by atoms with E-state index in [0.29, 0.717) is 11.1 Å². The van der Waals surface area contributed by atoms with Crippen LogP contribution in [0.1, 0.15) is 32.6 Å². The van der Waals surface area contributed by atoms with E-state index >= 15 is 0 Å². The van der Waals surface area contributed by atoms with Crippen molar-refractivity contribution in [1.82, 2.24) is 9.29 Å². The van der Waals surface area contributed by atoms with Gasteiger partial charge in [-0.25, -0.2) is 12.4 Å². The summed E-state index contributed by atoms with van der Waals surface area (Å²) in [6, 6.07) is 23.8. The monoisotopic (exact) mass is 760 g/mol. The third kappa shape index (κ3) is 8.58. The summed E-state index contributed by atoms with van der Waals surface area (Å²) < 4.78 is 117. The number of halogens is 3. The maximum Gasteiger partial charge on any atom is 0.534 e. The zero-order valence-electron chi connectivity index (χ0n) is 28.2. The molecule has 0 bridgehead atoms. The van der Waals surface area contributed by atoms with E-state index in [-0.39, 0.29) is 59.0 Å². The van der Waals surface area contributed by atoms with Gasteiger partial charge in [0.1, 0.15) is 24.7 Å². The summed E-state index contributed by atoms with van der Waals surface area (Å²) in [4.78, 5) is 12.8. The van der Waals surface area contributed by atoms with Crippen molar-refractivity contribution in [2.75, 3.05) is 20.4 Å². The average Bonchev–Trinajstić information content (AvgIpc) is 3.47. The van der Waals surface area contributed by atoms with Crippen LogP contribution in [-0.4, -0.2) is 58.8 Å². The van der Waals surface area contributed by atoms with Crippen molar-refractivity contribution in [3.63, 3.8) is 0 Å². The summed E-state index contributed by atoms with van der Waals surface area (Å²) in [6.45, 7) is 2.61. The summed E-state index contributed by atoms with van der Waals surface area (Å²) >= 11 is 0. The van der Waals surface area contributed by atoms with Crippen LogP contribution in [0.25, 0.3) is 10.9 Å². The molecule has 52 heavy (non-hydrogen) atoms. The Labute approximate surface area is 299 Å². The first kappa shape index (κ1) is 38.3. The second-order valence-corrected chi connectivity index (χ2v) is 15.1. The Bertz CT molecular complexity index is 2240. The van der Waals surface area contributed by atoms with Gasteiger partial charge in [-0.1, -0.05) is 66.2 Å². The van der Waals surface area contributed by atoms with E-state index in [4.69, 9.17) is 18.4 Å². The van der Waals surface area contributed by atoms with Crippen LogP contribution in [0, 0.1) is 13.8 Å². The minimum absolute atomic E-state index is 0.0361. The van der Waals surface area contributed by atoms with Crippen LogP contribution in [0.4, 0.5) is 13.2 Å². The van der Waals surface area contributed by atoms with Gasteiger partial charge >= 0.3 is 15.6 Å². The summed E-state index contributed by atoms with van der Waals surface area (Å²) in [5.41, 5.74) is -4.06. The van der Waals surface area contributed by atoms with Crippen molar-refractivity contribution < 1.29 is 53.2 Å². The molecule has 1 amide bonds. The Morgan fingerprint density at radius 3 is 2.13 bits per heavy atom. The van der Waals surface area contributed by atoms with E-state index in [2.05, 4.69) is 5.32 Å². The summed E-state index contributed by atoms with van der Waals surface area (Å²) in [5.74, 6) is -1.53. The third-order valence-electron chi connectivity index (χ3n) is 7.93. The lowest BCUT2D eigenvalue weighted by molar-refractivity contribution is -0.0696. The lowest BCUT2D eigenvalue weighted by Crippen LogP contribution is -2.35. The minimum Gasteiger partial charge on any atom is -0.487 e. The molecule has 5 rings (SSSR count). The third-order valence-corrected chi connectivity index (χ3v) is 10.6. The molecule has 16 heteroatoms. The molecule has 0 radical (unpaired) electrons. The number of aromatic nitrogens is 1. The fraction of sp³-hybridized carbons (Fsp3) is 0.250. The number of benzene rings is 4. The maximum atomic E-state index is 14.2. The molecule has 276 valence electrons. The van der Waals surface area contributed by atoms with Crippen LogP contribution in [0.3, 0.4) is 0 Å². The molecule has 5 aromatic rings. The van der Waals surface area contributed by atoms with Crippen molar-refractivity contribution in [1.29, 1.82) is 0 Å². The lowest BCUT2D eigenvalue weighted by Gasteiger charge is -2.22.